The van der Waals surface area contributed by atoms with Crippen molar-refractivity contribution in [3.63, 3.8) is 0 Å². The Hall–Kier alpha value is -3.36. The van der Waals surface area contributed by atoms with E-state index in [9.17, 15) is 5.26 Å². The van der Waals surface area contributed by atoms with Gasteiger partial charge < -0.3 is 0 Å². The van der Waals surface area contributed by atoms with Crippen LogP contribution in [0.5, 0.6) is 0 Å². The summed E-state index contributed by atoms with van der Waals surface area (Å²) in [5.74, 6) is 0. The quantitative estimate of drug-likeness (QED) is 0.363. The summed E-state index contributed by atoms with van der Waals surface area (Å²) in [6.07, 6.45) is 1.31. The van der Waals surface area contributed by atoms with Gasteiger partial charge in [-0.15, -0.1) is 0 Å². The Kier molecular flexibility index (Phi) is 2.58. The van der Waals surface area contributed by atoms with Crippen molar-refractivity contribution in [1.82, 2.24) is 0 Å². The van der Waals surface area contributed by atoms with Crippen LogP contribution in [0.1, 0.15) is 5.56 Å². The van der Waals surface area contributed by atoms with E-state index in [0.717, 1.165) is 21.7 Å². The van der Waals surface area contributed by atoms with Gasteiger partial charge in [-0.2, -0.15) is 10.5 Å². The van der Waals surface area contributed by atoms with Gasteiger partial charge in [0.15, 0.2) is 0 Å². The van der Waals surface area contributed by atoms with Gasteiger partial charge in [0.2, 0.25) is 0 Å². The van der Waals surface area contributed by atoms with Crippen LogP contribution in [0.3, 0.4) is 0 Å². The highest BCUT2D eigenvalue weighted by atomic mass is 14.3. The van der Waals surface area contributed by atoms with E-state index in [0.29, 0.717) is 5.57 Å². The number of hydrogen-bond donors (Lipinski definition) is 0. The molecule has 0 saturated heterocycles. The number of nitrogens with zero attached hydrogens (tertiary/aromatic N) is 2. The van der Waals surface area contributed by atoms with Crippen LogP contribution in [0, 0.1) is 22.7 Å². The van der Waals surface area contributed by atoms with Crippen molar-refractivity contribution in [2.75, 3.05) is 0 Å². The third-order valence-electron chi connectivity index (χ3n) is 4.15. The SMILES string of the molecule is N#C/C=C(/C#N)c1ccc2ccc3cccc4ccc1c2c34. The standard InChI is InChI=1S/C20H10N2/c21-11-10-16(12-22)17-8-6-15-5-4-13-2-1-3-14-7-9-18(17)20(15)19(13)14/h1-10H/b16-10-. The topological polar surface area (TPSA) is 47.6 Å². The lowest BCUT2D eigenvalue weighted by Gasteiger charge is -2.13. The summed E-state index contributed by atoms with van der Waals surface area (Å²) in [5.41, 5.74) is 1.22. The van der Waals surface area contributed by atoms with Gasteiger partial charge in [0.05, 0.1) is 11.6 Å². The van der Waals surface area contributed by atoms with Crippen molar-refractivity contribution in [3.05, 3.63) is 66.2 Å². The Balaban J connectivity index is 2.26. The molecule has 0 saturated carbocycles. The highest BCUT2D eigenvalue weighted by Gasteiger charge is 2.12. The second-order valence-electron chi connectivity index (χ2n) is 5.27. The number of benzene rings is 4. The summed E-state index contributed by atoms with van der Waals surface area (Å²) in [6, 6.07) is 22.6. The Morgan fingerprint density at radius 2 is 1.41 bits per heavy atom. The Labute approximate surface area is 127 Å². The summed E-state index contributed by atoms with van der Waals surface area (Å²) in [7, 11) is 0. The second kappa shape index (κ2) is 4.58. The Morgan fingerprint density at radius 3 is 2.09 bits per heavy atom. The molecule has 2 heteroatoms. The fourth-order valence-electron chi connectivity index (χ4n) is 3.20. The third-order valence-corrected chi connectivity index (χ3v) is 4.15. The smallest absolute Gasteiger partial charge is 0.101 e. The molecule has 0 N–H and O–H groups in total. The Bertz CT molecular complexity index is 1120. The molecule has 0 atom stereocenters. The number of allylic oxidation sites excluding steroid dienone is 2. The highest BCUT2D eigenvalue weighted by Crippen LogP contribution is 2.37. The van der Waals surface area contributed by atoms with E-state index in [2.05, 4.69) is 42.5 Å². The first-order valence-electron chi connectivity index (χ1n) is 7.00. The molecule has 0 spiro atoms. The van der Waals surface area contributed by atoms with Gasteiger partial charge in [0.1, 0.15) is 6.07 Å². The van der Waals surface area contributed by atoms with Crippen molar-refractivity contribution >= 4 is 37.9 Å². The second-order valence-corrected chi connectivity index (χ2v) is 5.27. The summed E-state index contributed by atoms with van der Waals surface area (Å²) in [4.78, 5) is 0. The summed E-state index contributed by atoms with van der Waals surface area (Å²) in [5, 5.41) is 25.2. The molecule has 0 aliphatic rings. The van der Waals surface area contributed by atoms with Gasteiger partial charge in [-0.3, -0.25) is 0 Å². The van der Waals surface area contributed by atoms with Crippen molar-refractivity contribution in [2.24, 2.45) is 0 Å². The van der Waals surface area contributed by atoms with E-state index in [4.69, 9.17) is 5.26 Å². The molecular formula is C20H10N2. The Morgan fingerprint density at radius 1 is 0.773 bits per heavy atom. The molecule has 4 aromatic rings. The molecule has 22 heavy (non-hydrogen) atoms. The molecule has 4 aromatic carbocycles. The van der Waals surface area contributed by atoms with E-state index in [1.807, 2.05) is 24.3 Å². The molecule has 0 fully saturated rings. The summed E-state index contributed by atoms with van der Waals surface area (Å²) in [6.45, 7) is 0. The molecule has 0 heterocycles. The number of hydrogen-bond acceptors (Lipinski definition) is 2. The predicted octanol–water partition coefficient (Wildman–Crippen LogP) is 5.01. The lowest BCUT2D eigenvalue weighted by Crippen LogP contribution is -1.89. The van der Waals surface area contributed by atoms with Crippen molar-refractivity contribution < 1.29 is 0 Å². The number of nitriles is 2. The van der Waals surface area contributed by atoms with Crippen LogP contribution in [-0.4, -0.2) is 0 Å². The van der Waals surface area contributed by atoms with E-state index in [-0.39, 0.29) is 0 Å². The zero-order valence-electron chi connectivity index (χ0n) is 11.7. The first-order chi connectivity index (χ1) is 10.8. The van der Waals surface area contributed by atoms with Gasteiger partial charge in [-0.1, -0.05) is 54.6 Å². The lowest BCUT2D eigenvalue weighted by atomic mass is 9.90. The molecule has 0 unspecified atom stereocenters. The molecule has 4 rings (SSSR count). The highest BCUT2D eigenvalue weighted by molar-refractivity contribution is 6.24. The van der Waals surface area contributed by atoms with Crippen molar-refractivity contribution in [3.8, 4) is 12.1 Å². The van der Waals surface area contributed by atoms with E-state index in [1.165, 1.54) is 22.2 Å². The summed E-state index contributed by atoms with van der Waals surface area (Å²) >= 11 is 0. The zero-order valence-corrected chi connectivity index (χ0v) is 11.7. The molecule has 0 amide bonds. The average Bonchev–Trinajstić information content (AvgIpc) is 2.58. The molecule has 0 radical (unpaired) electrons. The first-order valence-corrected chi connectivity index (χ1v) is 7.00. The molecule has 0 aromatic heterocycles. The lowest BCUT2D eigenvalue weighted by molar-refractivity contribution is 1.51. The largest absolute Gasteiger partial charge is 0.193 e. The van der Waals surface area contributed by atoms with Crippen LogP contribution in [0.25, 0.3) is 37.9 Å². The van der Waals surface area contributed by atoms with E-state index < -0.39 is 0 Å². The maximum Gasteiger partial charge on any atom is 0.101 e. The average molecular weight is 278 g/mol. The van der Waals surface area contributed by atoms with Crippen LogP contribution in [-0.2, 0) is 0 Å². The molecule has 0 aliphatic heterocycles. The minimum atomic E-state index is 0.403. The predicted molar refractivity (Wildman–Crippen MR) is 89.3 cm³/mol. The number of rotatable bonds is 1. The normalized spacial score (nSPS) is 11.8. The van der Waals surface area contributed by atoms with Crippen LogP contribution in [0.2, 0.25) is 0 Å². The maximum absolute atomic E-state index is 9.34. The van der Waals surface area contributed by atoms with E-state index >= 15 is 0 Å². The molecule has 0 aliphatic carbocycles. The van der Waals surface area contributed by atoms with Crippen molar-refractivity contribution in [1.29, 1.82) is 10.5 Å². The van der Waals surface area contributed by atoms with Crippen LogP contribution >= 0.6 is 0 Å². The van der Waals surface area contributed by atoms with Crippen LogP contribution < -0.4 is 0 Å². The molecular weight excluding hydrogens is 268 g/mol. The fourth-order valence-corrected chi connectivity index (χ4v) is 3.20. The van der Waals surface area contributed by atoms with Gasteiger partial charge in [-0.25, -0.2) is 0 Å². The minimum Gasteiger partial charge on any atom is -0.193 e. The van der Waals surface area contributed by atoms with Crippen LogP contribution in [0.15, 0.2) is 60.7 Å². The molecule has 100 valence electrons. The summed E-state index contributed by atoms with van der Waals surface area (Å²) < 4.78 is 0. The van der Waals surface area contributed by atoms with Gasteiger partial charge in [-0.05, 0) is 32.3 Å². The molecule has 0 bridgehead atoms. The van der Waals surface area contributed by atoms with Crippen molar-refractivity contribution in [2.45, 2.75) is 0 Å². The minimum absolute atomic E-state index is 0.403. The van der Waals surface area contributed by atoms with Crippen LogP contribution in [0.4, 0.5) is 0 Å². The maximum atomic E-state index is 9.34. The third kappa shape index (κ3) is 1.59. The fraction of sp³-hybridized carbons (Fsp3) is 0. The zero-order chi connectivity index (χ0) is 15.1. The molecule has 2 nitrogen and oxygen atoms in total. The van der Waals surface area contributed by atoms with Gasteiger partial charge in [0.25, 0.3) is 0 Å². The van der Waals surface area contributed by atoms with E-state index in [1.54, 1.807) is 0 Å². The monoisotopic (exact) mass is 278 g/mol. The first kappa shape index (κ1) is 12.4. The van der Waals surface area contributed by atoms with Gasteiger partial charge >= 0.3 is 0 Å². The van der Waals surface area contributed by atoms with Gasteiger partial charge in [0, 0.05) is 11.6 Å².